The quantitative estimate of drug-likeness (QED) is 0.0701. The van der Waals surface area contributed by atoms with Crippen LogP contribution >= 0.6 is 0 Å². The summed E-state index contributed by atoms with van der Waals surface area (Å²) in [5, 5.41) is 19.6. The zero-order valence-electron chi connectivity index (χ0n) is 31.3. The van der Waals surface area contributed by atoms with E-state index in [0.717, 1.165) is 13.8 Å². The van der Waals surface area contributed by atoms with Crippen LogP contribution in [0.1, 0.15) is 78.5 Å². The van der Waals surface area contributed by atoms with Crippen LogP contribution in [0.3, 0.4) is 0 Å². The molecule has 5 unspecified atom stereocenters. The monoisotopic (exact) mass is 753 g/mol. The fourth-order valence-electron chi connectivity index (χ4n) is 5.93. The summed E-state index contributed by atoms with van der Waals surface area (Å²) in [5.41, 5.74) is 9.97. The van der Waals surface area contributed by atoms with Gasteiger partial charge in [0.1, 0.15) is 31.0 Å². The number of carboxylic acids is 1. The van der Waals surface area contributed by atoms with Gasteiger partial charge in [0.2, 0.25) is 11.8 Å². The number of carbonyl (C=O) groups is 6. The molecular weight excluding hydrogens is 706 g/mol. The smallest absolute Gasteiger partial charge is 0.364 e. The van der Waals surface area contributed by atoms with E-state index in [0.29, 0.717) is 16.8 Å². The van der Waals surface area contributed by atoms with Gasteiger partial charge in [-0.3, -0.25) is 24.0 Å². The van der Waals surface area contributed by atoms with Crippen molar-refractivity contribution in [3.05, 3.63) is 76.2 Å². The van der Waals surface area contributed by atoms with Gasteiger partial charge in [-0.25, -0.2) is 4.79 Å². The molecule has 2 aromatic carbocycles. The van der Waals surface area contributed by atoms with Crippen LogP contribution < -0.4 is 10.6 Å². The predicted molar refractivity (Wildman–Crippen MR) is 191 cm³/mol. The fraction of sp³-hybridized carbons (Fsp3) is 0.514. The Labute approximate surface area is 312 Å². The molecule has 0 aliphatic carbocycles. The van der Waals surface area contributed by atoms with Crippen molar-refractivity contribution in [2.45, 2.75) is 97.6 Å². The van der Waals surface area contributed by atoms with Crippen molar-refractivity contribution < 1.29 is 57.6 Å². The Kier molecular flexibility index (Phi) is 15.1. The molecule has 0 aromatic heterocycles. The molecule has 3 N–H and O–H groups in total. The lowest BCUT2D eigenvalue weighted by Gasteiger charge is -2.49. The lowest BCUT2D eigenvalue weighted by molar-refractivity contribution is -0.320. The minimum absolute atomic E-state index is 0.194. The molecule has 2 amide bonds. The summed E-state index contributed by atoms with van der Waals surface area (Å²) in [6.45, 7) is 9.68. The average molecular weight is 754 g/mol. The maximum atomic E-state index is 13.5. The number of amides is 2. The van der Waals surface area contributed by atoms with Gasteiger partial charge < -0.3 is 39.4 Å². The molecule has 17 nitrogen and oxygen atoms in total. The molecule has 0 spiro atoms. The number of aliphatic carboxylic acids is 1. The highest BCUT2D eigenvalue weighted by atomic mass is 16.7. The van der Waals surface area contributed by atoms with E-state index in [9.17, 15) is 33.9 Å². The molecule has 1 saturated heterocycles. The largest absolute Gasteiger partial charge is 0.477 e. The molecule has 3 rings (SSSR count). The van der Waals surface area contributed by atoms with Gasteiger partial charge in [-0.2, -0.15) is 0 Å². The van der Waals surface area contributed by atoms with Crippen LogP contribution in [0, 0.1) is 11.3 Å². The number of hydrogen-bond acceptors (Lipinski definition) is 12. The van der Waals surface area contributed by atoms with Crippen molar-refractivity contribution in [2.24, 2.45) is 16.4 Å². The van der Waals surface area contributed by atoms with E-state index >= 15 is 0 Å². The number of esters is 3. The van der Waals surface area contributed by atoms with E-state index in [4.69, 9.17) is 29.2 Å². The highest BCUT2D eigenvalue weighted by Gasteiger charge is 2.59. The molecule has 0 saturated carbocycles. The molecule has 0 radical (unpaired) electrons. The Hall–Kier alpha value is -5.51. The first-order chi connectivity index (χ1) is 25.3. The number of anilines is 1. The first-order valence-electron chi connectivity index (χ1n) is 17.2. The zero-order valence-corrected chi connectivity index (χ0v) is 31.3. The van der Waals surface area contributed by atoms with Crippen molar-refractivity contribution in [3.63, 3.8) is 0 Å². The molecule has 292 valence electrons. The van der Waals surface area contributed by atoms with E-state index in [2.05, 4.69) is 20.7 Å². The standard InChI is InChI=1S/C37H47N5O12/c1-21(20-50-22(2)43)32(52-24(4)45)34-31(41-30(47)19-39-42-38)28(51-23(3)44)17-37(54-34,35(48)49)53-33(25-11-9-8-10-12-25)26-13-15-27(16-14-26)40-29(46)18-36(5,6)7/h8-16,21,28,31-34H,17-20H2,1-7H3,(H,40,46)(H,41,47)(H,48,49)/t21-,28?,31?,32-,33?,34?,37?/m1/s1. The number of azide groups is 1. The number of benzene rings is 2. The third-order valence-corrected chi connectivity index (χ3v) is 8.13. The summed E-state index contributed by atoms with van der Waals surface area (Å²) in [4.78, 5) is 78.4. The van der Waals surface area contributed by atoms with Crippen LogP contribution in [0.5, 0.6) is 0 Å². The third-order valence-electron chi connectivity index (χ3n) is 8.13. The number of carbonyl (C=O) groups excluding carboxylic acids is 5. The van der Waals surface area contributed by atoms with Gasteiger partial charge >= 0.3 is 23.9 Å². The maximum Gasteiger partial charge on any atom is 0.364 e. The first-order valence-corrected chi connectivity index (χ1v) is 17.2. The molecule has 1 aliphatic heterocycles. The van der Waals surface area contributed by atoms with E-state index in [1.165, 1.54) is 13.8 Å². The molecule has 0 bridgehead atoms. The lowest BCUT2D eigenvalue weighted by atomic mass is 9.85. The third kappa shape index (κ3) is 12.6. The van der Waals surface area contributed by atoms with Crippen molar-refractivity contribution in [1.29, 1.82) is 0 Å². The van der Waals surface area contributed by atoms with Crippen molar-refractivity contribution >= 4 is 41.4 Å². The number of rotatable bonds is 16. The van der Waals surface area contributed by atoms with Crippen molar-refractivity contribution in [3.8, 4) is 0 Å². The van der Waals surface area contributed by atoms with Crippen LogP contribution in [-0.2, 0) is 52.5 Å². The van der Waals surface area contributed by atoms with Crippen molar-refractivity contribution in [2.75, 3.05) is 18.5 Å². The van der Waals surface area contributed by atoms with Gasteiger partial charge in [-0.1, -0.05) is 75.3 Å². The second kappa shape index (κ2) is 19.0. The van der Waals surface area contributed by atoms with E-state index in [1.807, 2.05) is 20.8 Å². The Morgan fingerprint density at radius 1 is 0.963 bits per heavy atom. The Morgan fingerprint density at radius 3 is 2.13 bits per heavy atom. The zero-order chi connectivity index (χ0) is 40.2. The molecule has 7 atom stereocenters. The molecule has 1 heterocycles. The molecule has 17 heteroatoms. The number of carboxylic acid groups (broad SMARTS) is 1. The number of ether oxygens (including phenoxy) is 5. The minimum atomic E-state index is -2.64. The molecule has 2 aromatic rings. The summed E-state index contributed by atoms with van der Waals surface area (Å²) in [7, 11) is 0. The molecular formula is C37H47N5O12. The SMILES string of the molecule is CC(=O)OC[C@@H](C)[C@@H](OC(C)=O)C1OC(OC(c2ccccc2)c2ccc(NC(=O)CC(C)(C)C)cc2)(C(=O)O)CC(OC(C)=O)C1NC(=O)CN=[N+]=[N-]. The average Bonchev–Trinajstić information content (AvgIpc) is 3.08. The summed E-state index contributed by atoms with van der Waals surface area (Å²) >= 11 is 0. The van der Waals surface area contributed by atoms with E-state index in [1.54, 1.807) is 54.6 Å². The number of nitrogens with zero attached hydrogens (tertiary/aromatic N) is 3. The van der Waals surface area contributed by atoms with E-state index in [-0.39, 0.29) is 24.3 Å². The normalized spacial score (nSPS) is 21.2. The molecule has 1 aliphatic rings. The Bertz CT molecular complexity index is 1710. The second-order valence-corrected chi connectivity index (χ2v) is 14.1. The highest BCUT2D eigenvalue weighted by Crippen LogP contribution is 2.41. The van der Waals surface area contributed by atoms with Gasteiger partial charge in [0.25, 0.3) is 5.79 Å². The van der Waals surface area contributed by atoms with Crippen LogP contribution in [0.15, 0.2) is 59.7 Å². The summed E-state index contributed by atoms with van der Waals surface area (Å²) in [5.74, 6) is -8.55. The van der Waals surface area contributed by atoms with Gasteiger partial charge in [-0.15, -0.1) is 0 Å². The summed E-state index contributed by atoms with van der Waals surface area (Å²) in [6, 6.07) is 13.7. The van der Waals surface area contributed by atoms with Crippen LogP contribution in [0.4, 0.5) is 5.69 Å². The van der Waals surface area contributed by atoms with Crippen LogP contribution in [-0.4, -0.2) is 84.1 Å². The van der Waals surface area contributed by atoms with Crippen LogP contribution in [0.2, 0.25) is 0 Å². The first kappa shape index (κ1) is 42.9. The number of nitrogens with one attached hydrogen (secondary N) is 2. The summed E-state index contributed by atoms with van der Waals surface area (Å²) in [6.07, 6.45) is -6.10. The molecule has 54 heavy (non-hydrogen) atoms. The highest BCUT2D eigenvalue weighted by molar-refractivity contribution is 5.91. The predicted octanol–water partition coefficient (Wildman–Crippen LogP) is 4.59. The summed E-state index contributed by atoms with van der Waals surface area (Å²) < 4.78 is 29.3. The lowest BCUT2D eigenvalue weighted by Crippen LogP contribution is -2.68. The minimum Gasteiger partial charge on any atom is -0.477 e. The Balaban J connectivity index is 2.19. The second-order valence-electron chi connectivity index (χ2n) is 14.1. The van der Waals surface area contributed by atoms with Gasteiger partial charge in [0, 0.05) is 43.7 Å². The van der Waals surface area contributed by atoms with Gasteiger partial charge in [0.05, 0.1) is 19.1 Å². The maximum absolute atomic E-state index is 13.5. The van der Waals surface area contributed by atoms with Crippen LogP contribution in [0.25, 0.3) is 10.4 Å². The fourth-order valence-corrected chi connectivity index (χ4v) is 5.93. The van der Waals surface area contributed by atoms with Gasteiger partial charge in [-0.05, 0) is 34.2 Å². The topological polar surface area (TPSA) is 242 Å². The Morgan fingerprint density at radius 2 is 1.59 bits per heavy atom. The molecule has 1 fully saturated rings. The van der Waals surface area contributed by atoms with Crippen molar-refractivity contribution in [1.82, 2.24) is 5.32 Å². The van der Waals surface area contributed by atoms with Gasteiger partial charge in [0.15, 0.2) is 0 Å². The number of hydrogen-bond donors (Lipinski definition) is 3. The van der Waals surface area contributed by atoms with E-state index < -0.39 is 84.9 Å².